The predicted octanol–water partition coefficient (Wildman–Crippen LogP) is 6.34. The van der Waals surface area contributed by atoms with Crippen molar-refractivity contribution in [1.29, 1.82) is 0 Å². The number of aromatic nitrogens is 14. The number of amides is 4. The first-order valence-electron chi connectivity index (χ1n) is 26.5. The van der Waals surface area contributed by atoms with Crippen LogP contribution in [0.1, 0.15) is 80.0 Å². The number of rotatable bonds is 22. The molecule has 0 atom stereocenters. The zero-order valence-electron chi connectivity index (χ0n) is 45.0. The van der Waals surface area contributed by atoms with Gasteiger partial charge in [0.2, 0.25) is 11.2 Å². The third-order valence-electron chi connectivity index (χ3n) is 13.0. The van der Waals surface area contributed by atoms with Crippen LogP contribution in [0.3, 0.4) is 0 Å². The van der Waals surface area contributed by atoms with Gasteiger partial charge < -0.3 is 30.7 Å². The molecule has 12 rings (SSSR count). The summed E-state index contributed by atoms with van der Waals surface area (Å²) in [4.78, 5) is 90.0. The van der Waals surface area contributed by atoms with Gasteiger partial charge in [-0.2, -0.15) is 29.5 Å². The zero-order chi connectivity index (χ0) is 59.4. The van der Waals surface area contributed by atoms with E-state index < -0.39 is 11.9 Å². The fourth-order valence-corrected chi connectivity index (χ4v) is 9.02. The number of carbonyl (C=O) groups excluding carboxylic acids is 4. The van der Waals surface area contributed by atoms with Gasteiger partial charge in [0.1, 0.15) is 11.5 Å². The molecule has 432 valence electrons. The number of ether oxygens (including phenoxy) is 2. The predicted molar refractivity (Wildman–Crippen MR) is 304 cm³/mol. The van der Waals surface area contributed by atoms with Crippen molar-refractivity contribution in [2.75, 3.05) is 37.4 Å². The summed E-state index contributed by atoms with van der Waals surface area (Å²) in [6.45, 7) is 2.35. The Balaban J connectivity index is 0.000000163. The van der Waals surface area contributed by atoms with Crippen LogP contribution in [-0.2, 0) is 22.7 Å². The molecule has 0 spiro atoms. The third-order valence-corrected chi connectivity index (χ3v) is 13.1. The summed E-state index contributed by atoms with van der Waals surface area (Å²) >= 11 is 5.87. The molecule has 4 amide bonds. The number of benzene rings is 4. The van der Waals surface area contributed by atoms with Crippen molar-refractivity contribution >= 4 is 86.8 Å². The molecule has 4 aromatic carbocycles. The maximum atomic E-state index is 12.5. The summed E-state index contributed by atoms with van der Waals surface area (Å²) in [6.07, 6.45) is 12.0. The highest BCUT2D eigenvalue weighted by Crippen LogP contribution is 2.26. The van der Waals surface area contributed by atoms with Crippen molar-refractivity contribution in [2.24, 2.45) is 0 Å². The standard InChI is InChI=1S/C28H25N9O5.C21H15ClN6O3.C7H11N3O2/c38-24(39)7-3-12-35-17-18(15-30-35)31-28-29-16-23-25(32-28)37(34-33-23)19-8-10-20(11-9-19)42-14-4-13-36-26(40)21-5-1-2-6-22(21)27(36)41;22-21-23-12-17-18(24-21)28(26-25-17)13-6-8-14(9-7-13)31-11-3-10-27-19(29)15-4-1-2-5-16(15)20(27)30;8-6-4-9-10(5-6)3-1-2-7(11)12/h1-2,5-6,8-11,15-17H,3-4,7,12-14H2,(H,38,39)(H,29,31,32);1-2,4-9,12H,3,10-11H2;4-5H,1-3,8H2,(H,11,12). The molecule has 0 fully saturated rings. The van der Waals surface area contributed by atoms with E-state index in [1.165, 1.54) is 16.0 Å². The average molecular weight is 1170 g/mol. The number of carboxylic acid groups (broad SMARTS) is 2. The summed E-state index contributed by atoms with van der Waals surface area (Å²) in [5.74, 6) is -1.07. The molecule has 0 aliphatic carbocycles. The van der Waals surface area contributed by atoms with Crippen LogP contribution in [0.5, 0.6) is 11.5 Å². The van der Waals surface area contributed by atoms with E-state index in [0.29, 0.717) is 138 Å². The van der Waals surface area contributed by atoms with Crippen LogP contribution in [-0.4, -0.2) is 151 Å². The molecule has 2 aliphatic heterocycles. The highest BCUT2D eigenvalue weighted by atomic mass is 35.5. The normalized spacial score (nSPS) is 12.4. The van der Waals surface area contributed by atoms with Crippen LogP contribution < -0.4 is 20.5 Å². The number of carboxylic acids is 2. The van der Waals surface area contributed by atoms with Gasteiger partial charge in [0.05, 0.1) is 83.0 Å². The van der Waals surface area contributed by atoms with Crippen molar-refractivity contribution < 1.29 is 48.5 Å². The number of aryl methyl sites for hydroxylation is 2. The Labute approximate surface area is 486 Å². The smallest absolute Gasteiger partial charge is 0.303 e. The number of nitrogens with zero attached hydrogens (tertiary/aromatic N) is 16. The number of nitrogens with one attached hydrogen (secondary N) is 1. The van der Waals surface area contributed by atoms with Crippen LogP contribution in [0.25, 0.3) is 33.7 Å². The Morgan fingerprint density at radius 1 is 0.541 bits per heavy atom. The summed E-state index contributed by atoms with van der Waals surface area (Å²) in [5.41, 5.74) is 12.0. The lowest BCUT2D eigenvalue weighted by Gasteiger charge is -2.14. The number of fused-ring (bicyclic) bond motifs is 4. The number of halogens is 1. The minimum Gasteiger partial charge on any atom is -0.494 e. The van der Waals surface area contributed by atoms with Gasteiger partial charge in [-0.3, -0.25) is 47.9 Å². The van der Waals surface area contributed by atoms with Crippen molar-refractivity contribution in [3.05, 3.63) is 162 Å². The van der Waals surface area contributed by atoms with Gasteiger partial charge in [0, 0.05) is 51.4 Å². The van der Waals surface area contributed by atoms with E-state index in [4.69, 9.17) is 37.0 Å². The van der Waals surface area contributed by atoms with Gasteiger partial charge in [-0.25, -0.2) is 9.97 Å². The molecular formula is C56H51ClN18O10. The molecule has 85 heavy (non-hydrogen) atoms. The van der Waals surface area contributed by atoms with Gasteiger partial charge in [-0.1, -0.05) is 34.7 Å². The fourth-order valence-electron chi connectivity index (χ4n) is 8.89. The van der Waals surface area contributed by atoms with Crippen molar-refractivity contribution in [3.63, 3.8) is 0 Å². The first-order chi connectivity index (χ1) is 41.3. The topological polar surface area (TPSA) is 354 Å². The van der Waals surface area contributed by atoms with Gasteiger partial charge in [0.15, 0.2) is 22.3 Å². The Morgan fingerprint density at radius 3 is 1.45 bits per heavy atom. The van der Waals surface area contributed by atoms with E-state index in [9.17, 15) is 28.8 Å². The molecule has 10 aromatic rings. The van der Waals surface area contributed by atoms with E-state index >= 15 is 0 Å². The number of carbonyl (C=O) groups is 6. The quantitative estimate of drug-likeness (QED) is 0.0326. The van der Waals surface area contributed by atoms with Crippen molar-refractivity contribution in [1.82, 2.24) is 79.3 Å². The van der Waals surface area contributed by atoms with E-state index in [2.05, 4.69) is 56.1 Å². The van der Waals surface area contributed by atoms with E-state index in [1.807, 2.05) is 24.3 Å². The SMILES string of the molecule is Nc1cnn(CCCC(=O)O)c1.O=C(O)CCCn1cc(Nc2ncc3nnn(-c4ccc(OCCCN5C(=O)c6ccccc6C5=O)cc4)c3n2)cn1.O=C1c2ccccc2C(=O)N1CCCOc1ccc(-n2nnc3cnc(Cl)nc32)cc1. The highest BCUT2D eigenvalue weighted by Gasteiger charge is 2.35. The minimum atomic E-state index is -0.841. The molecule has 6 aromatic heterocycles. The second kappa shape index (κ2) is 26.3. The number of anilines is 3. The molecule has 2 aliphatic rings. The molecule has 28 nitrogen and oxygen atoms in total. The molecule has 0 unspecified atom stereocenters. The number of imide groups is 2. The number of nitrogens with two attached hydrogens (primary N) is 1. The van der Waals surface area contributed by atoms with Gasteiger partial charge in [0.25, 0.3) is 23.6 Å². The summed E-state index contributed by atoms with van der Waals surface area (Å²) in [5, 5.41) is 45.0. The lowest BCUT2D eigenvalue weighted by molar-refractivity contribution is -0.138. The molecule has 29 heteroatoms. The lowest BCUT2D eigenvalue weighted by Crippen LogP contribution is -2.31. The summed E-state index contributed by atoms with van der Waals surface area (Å²) < 4.78 is 18.0. The summed E-state index contributed by atoms with van der Waals surface area (Å²) in [6, 6.07) is 28.2. The molecule has 0 saturated heterocycles. The molecule has 5 N–H and O–H groups in total. The van der Waals surface area contributed by atoms with E-state index in [0.717, 1.165) is 5.69 Å². The van der Waals surface area contributed by atoms with Crippen molar-refractivity contribution in [2.45, 2.75) is 51.6 Å². The maximum absolute atomic E-state index is 12.5. The molecule has 8 heterocycles. The fraction of sp³-hybridized carbons (Fsp3) is 0.214. The lowest BCUT2D eigenvalue weighted by atomic mass is 10.1. The van der Waals surface area contributed by atoms with Crippen LogP contribution in [0, 0.1) is 0 Å². The molecule has 0 radical (unpaired) electrons. The number of hydrogen-bond acceptors (Lipinski definition) is 20. The first-order valence-corrected chi connectivity index (χ1v) is 26.8. The molecule has 0 saturated carbocycles. The largest absolute Gasteiger partial charge is 0.494 e. The van der Waals surface area contributed by atoms with E-state index in [1.54, 1.807) is 123 Å². The first kappa shape index (κ1) is 57.2. The Morgan fingerprint density at radius 2 is 0.988 bits per heavy atom. The molecular weight excluding hydrogens is 1120 g/mol. The number of nitrogen functional groups attached to an aromatic ring is 1. The monoisotopic (exact) mass is 1170 g/mol. The minimum absolute atomic E-state index is 0.0746. The Hall–Kier alpha value is -11.0. The van der Waals surface area contributed by atoms with Crippen LogP contribution in [0.4, 0.5) is 17.3 Å². The van der Waals surface area contributed by atoms with Crippen molar-refractivity contribution in [3.8, 4) is 22.9 Å². The average Bonchev–Trinajstić information content (AvgIpc) is 3.19. The van der Waals surface area contributed by atoms with Gasteiger partial charge in [-0.05, 0) is 110 Å². The Bertz CT molecular complexity index is 4000. The van der Waals surface area contributed by atoms with Crippen LogP contribution in [0.2, 0.25) is 5.28 Å². The molecule has 0 bridgehead atoms. The van der Waals surface area contributed by atoms with Crippen LogP contribution in [0.15, 0.2) is 134 Å². The zero-order valence-corrected chi connectivity index (χ0v) is 45.7. The second-order valence-corrected chi connectivity index (χ2v) is 19.2. The van der Waals surface area contributed by atoms with Gasteiger partial charge in [-0.15, -0.1) is 10.2 Å². The van der Waals surface area contributed by atoms with E-state index in [-0.39, 0.29) is 48.3 Å². The second-order valence-electron chi connectivity index (χ2n) is 18.9. The number of aliphatic carboxylic acids is 2. The summed E-state index contributed by atoms with van der Waals surface area (Å²) in [7, 11) is 0. The highest BCUT2D eigenvalue weighted by molar-refractivity contribution is 6.28. The van der Waals surface area contributed by atoms with Gasteiger partial charge >= 0.3 is 11.9 Å². The third kappa shape index (κ3) is 13.8. The number of hydrogen-bond donors (Lipinski definition) is 4. The Kier molecular flexibility index (Phi) is 17.7. The maximum Gasteiger partial charge on any atom is 0.303 e. The van der Waals surface area contributed by atoms with Crippen LogP contribution >= 0.6 is 11.6 Å².